The Morgan fingerprint density at radius 2 is 0.840 bits per heavy atom. The molecular formula is C20H15N5. The van der Waals surface area contributed by atoms with Crippen LogP contribution in [0.5, 0.6) is 0 Å². The number of hydrogen-bond donors (Lipinski definition) is 0. The first-order valence-electron chi connectivity index (χ1n) is 7.93. The van der Waals surface area contributed by atoms with Crippen molar-refractivity contribution in [2.75, 3.05) is 0 Å². The summed E-state index contributed by atoms with van der Waals surface area (Å²) in [5.74, 6) is 1.90. The van der Waals surface area contributed by atoms with Crippen molar-refractivity contribution in [2.24, 2.45) is 0 Å². The van der Waals surface area contributed by atoms with Crippen molar-refractivity contribution in [3.8, 4) is 34.2 Å². The van der Waals surface area contributed by atoms with Gasteiger partial charge in [-0.15, -0.1) is 0 Å². The van der Waals surface area contributed by atoms with Crippen LogP contribution in [0.2, 0.25) is 0 Å². The Labute approximate surface area is 145 Å². The first kappa shape index (κ1) is 15.1. The van der Waals surface area contributed by atoms with Crippen LogP contribution >= 0.6 is 0 Å². The minimum absolute atomic E-state index is 0.625. The van der Waals surface area contributed by atoms with Crippen LogP contribution < -0.4 is 0 Å². The molecule has 1 aromatic carbocycles. The van der Waals surface area contributed by atoms with Crippen LogP contribution in [0.3, 0.4) is 0 Å². The van der Waals surface area contributed by atoms with Crippen LogP contribution in [0.15, 0.2) is 73.3 Å². The fourth-order valence-corrected chi connectivity index (χ4v) is 2.47. The molecule has 4 aromatic rings. The summed E-state index contributed by atoms with van der Waals surface area (Å²) in [5.41, 5.74) is 3.96. The lowest BCUT2D eigenvalue weighted by Crippen LogP contribution is -2.00. The minimum atomic E-state index is 0.625. The molecule has 3 aromatic heterocycles. The predicted octanol–water partition coefficient (Wildman–Crippen LogP) is 3.97. The Balaban J connectivity index is 1.90. The second-order valence-corrected chi connectivity index (χ2v) is 5.64. The molecule has 5 nitrogen and oxygen atoms in total. The third-order valence-corrected chi connectivity index (χ3v) is 3.82. The molecule has 0 aliphatic heterocycles. The van der Waals surface area contributed by atoms with Crippen molar-refractivity contribution in [2.45, 2.75) is 6.92 Å². The van der Waals surface area contributed by atoms with E-state index in [-0.39, 0.29) is 0 Å². The Hall–Kier alpha value is -3.47. The molecule has 0 unspecified atom stereocenters. The van der Waals surface area contributed by atoms with Crippen LogP contribution in [-0.2, 0) is 0 Å². The molecule has 0 N–H and O–H groups in total. The summed E-state index contributed by atoms with van der Waals surface area (Å²) in [7, 11) is 0. The van der Waals surface area contributed by atoms with Gasteiger partial charge < -0.3 is 0 Å². The summed E-state index contributed by atoms with van der Waals surface area (Å²) >= 11 is 0. The van der Waals surface area contributed by atoms with Gasteiger partial charge >= 0.3 is 0 Å². The average molecular weight is 325 g/mol. The van der Waals surface area contributed by atoms with E-state index in [1.54, 1.807) is 24.8 Å². The number of hydrogen-bond acceptors (Lipinski definition) is 5. The van der Waals surface area contributed by atoms with Gasteiger partial charge in [-0.1, -0.05) is 29.8 Å². The zero-order chi connectivity index (χ0) is 17.1. The Morgan fingerprint density at radius 3 is 1.24 bits per heavy atom. The third-order valence-electron chi connectivity index (χ3n) is 3.82. The summed E-state index contributed by atoms with van der Waals surface area (Å²) < 4.78 is 0. The van der Waals surface area contributed by atoms with Crippen LogP contribution in [-0.4, -0.2) is 24.9 Å². The fraction of sp³-hybridized carbons (Fsp3) is 0.0500. The average Bonchev–Trinajstić information content (AvgIpc) is 2.69. The summed E-state index contributed by atoms with van der Waals surface area (Å²) in [4.78, 5) is 22.1. The van der Waals surface area contributed by atoms with Gasteiger partial charge in [-0.3, -0.25) is 9.97 Å². The molecule has 5 heteroatoms. The van der Waals surface area contributed by atoms with Gasteiger partial charge in [0.25, 0.3) is 0 Å². The van der Waals surface area contributed by atoms with Crippen LogP contribution in [0.4, 0.5) is 0 Å². The monoisotopic (exact) mass is 325 g/mol. The van der Waals surface area contributed by atoms with E-state index in [4.69, 9.17) is 0 Å². The zero-order valence-corrected chi connectivity index (χ0v) is 13.7. The Morgan fingerprint density at radius 1 is 0.480 bits per heavy atom. The Bertz CT molecular complexity index is 926. The smallest absolute Gasteiger partial charge is 0.164 e. The lowest BCUT2D eigenvalue weighted by Gasteiger charge is -2.08. The maximum absolute atomic E-state index is 4.66. The van der Waals surface area contributed by atoms with Crippen molar-refractivity contribution in [3.63, 3.8) is 0 Å². The highest BCUT2D eigenvalue weighted by Crippen LogP contribution is 2.24. The lowest BCUT2D eigenvalue weighted by atomic mass is 10.1. The molecule has 4 rings (SSSR count). The predicted molar refractivity (Wildman–Crippen MR) is 96.5 cm³/mol. The maximum Gasteiger partial charge on any atom is 0.164 e. The van der Waals surface area contributed by atoms with E-state index in [1.165, 1.54) is 5.56 Å². The number of benzene rings is 1. The SMILES string of the molecule is Cc1ccc(-c2nc(-c3ccncc3)nc(-c3ccncc3)n2)cc1. The zero-order valence-electron chi connectivity index (χ0n) is 13.7. The molecule has 0 fully saturated rings. The molecule has 0 amide bonds. The molecule has 0 aliphatic rings. The van der Waals surface area contributed by atoms with Gasteiger partial charge in [0.05, 0.1) is 0 Å². The molecule has 3 heterocycles. The molecule has 0 bridgehead atoms. The standard InChI is InChI=1S/C20H15N5/c1-14-2-4-15(5-3-14)18-23-19(16-6-10-21-11-7-16)25-20(24-18)17-8-12-22-13-9-17/h2-13H,1H3. The highest BCUT2D eigenvalue weighted by Gasteiger charge is 2.11. The molecule has 0 radical (unpaired) electrons. The summed E-state index contributed by atoms with van der Waals surface area (Å²) in [6, 6.07) is 15.7. The summed E-state index contributed by atoms with van der Waals surface area (Å²) in [6.07, 6.45) is 6.93. The van der Waals surface area contributed by atoms with E-state index in [0.29, 0.717) is 17.5 Å². The van der Waals surface area contributed by atoms with Gasteiger partial charge in [-0.2, -0.15) is 0 Å². The van der Waals surface area contributed by atoms with Crippen molar-refractivity contribution in [3.05, 3.63) is 78.9 Å². The molecule has 0 saturated carbocycles. The second-order valence-electron chi connectivity index (χ2n) is 5.64. The number of aromatic nitrogens is 5. The van der Waals surface area contributed by atoms with E-state index in [9.17, 15) is 0 Å². The number of pyridine rings is 2. The molecule has 0 saturated heterocycles. The fourth-order valence-electron chi connectivity index (χ4n) is 2.47. The van der Waals surface area contributed by atoms with E-state index in [1.807, 2.05) is 36.4 Å². The number of rotatable bonds is 3. The summed E-state index contributed by atoms with van der Waals surface area (Å²) in [6.45, 7) is 2.06. The van der Waals surface area contributed by atoms with E-state index < -0.39 is 0 Å². The second kappa shape index (κ2) is 6.57. The quantitative estimate of drug-likeness (QED) is 0.570. The topological polar surface area (TPSA) is 64.5 Å². The lowest BCUT2D eigenvalue weighted by molar-refractivity contribution is 1.07. The highest BCUT2D eigenvalue weighted by molar-refractivity contribution is 5.65. The van der Waals surface area contributed by atoms with Crippen molar-refractivity contribution in [1.29, 1.82) is 0 Å². The highest BCUT2D eigenvalue weighted by atomic mass is 15.0. The molecular weight excluding hydrogens is 310 g/mol. The van der Waals surface area contributed by atoms with Gasteiger partial charge in [0.15, 0.2) is 17.5 Å². The molecule has 0 spiro atoms. The van der Waals surface area contributed by atoms with Gasteiger partial charge in [0, 0.05) is 41.5 Å². The molecule has 0 aliphatic carbocycles. The van der Waals surface area contributed by atoms with Gasteiger partial charge in [0.2, 0.25) is 0 Å². The van der Waals surface area contributed by atoms with Gasteiger partial charge in [-0.25, -0.2) is 15.0 Å². The van der Waals surface area contributed by atoms with E-state index >= 15 is 0 Å². The largest absolute Gasteiger partial charge is 0.265 e. The third kappa shape index (κ3) is 3.26. The normalized spacial score (nSPS) is 10.6. The minimum Gasteiger partial charge on any atom is -0.265 e. The van der Waals surface area contributed by atoms with Crippen LogP contribution in [0.25, 0.3) is 34.2 Å². The van der Waals surface area contributed by atoms with Gasteiger partial charge in [0.1, 0.15) is 0 Å². The number of nitrogens with zero attached hydrogens (tertiary/aromatic N) is 5. The molecule has 120 valence electrons. The van der Waals surface area contributed by atoms with Crippen LogP contribution in [0.1, 0.15) is 5.56 Å². The van der Waals surface area contributed by atoms with Gasteiger partial charge in [-0.05, 0) is 31.2 Å². The van der Waals surface area contributed by atoms with Crippen molar-refractivity contribution >= 4 is 0 Å². The molecule has 0 atom stereocenters. The first-order chi connectivity index (χ1) is 12.3. The maximum atomic E-state index is 4.66. The summed E-state index contributed by atoms with van der Waals surface area (Å²) in [5, 5.41) is 0. The van der Waals surface area contributed by atoms with E-state index in [0.717, 1.165) is 16.7 Å². The first-order valence-corrected chi connectivity index (χ1v) is 7.93. The van der Waals surface area contributed by atoms with Crippen molar-refractivity contribution in [1.82, 2.24) is 24.9 Å². The van der Waals surface area contributed by atoms with Crippen LogP contribution in [0, 0.1) is 6.92 Å². The molecule has 25 heavy (non-hydrogen) atoms. The van der Waals surface area contributed by atoms with E-state index in [2.05, 4.69) is 44.0 Å². The number of aryl methyl sites for hydroxylation is 1. The Kier molecular flexibility index (Phi) is 3.96. The van der Waals surface area contributed by atoms with Crippen molar-refractivity contribution < 1.29 is 0 Å².